The Hall–Kier alpha value is -0.650. The van der Waals surface area contributed by atoms with Crippen LogP contribution >= 0.6 is 0 Å². The van der Waals surface area contributed by atoms with E-state index >= 15 is 0 Å². The predicted octanol–water partition coefficient (Wildman–Crippen LogP) is 2.95. The zero-order valence-electron chi connectivity index (χ0n) is 28.0. The number of aliphatic hydroxyl groups excluding tert-OH is 4. The monoisotopic (exact) mass is 622 g/mol. The van der Waals surface area contributed by atoms with Crippen LogP contribution in [0.25, 0.3) is 0 Å². The number of ketones is 1. The Morgan fingerprint density at radius 2 is 1.48 bits per heavy atom. The first-order chi connectivity index (χ1) is 20.1. The fourth-order valence-electron chi connectivity index (χ4n) is 13.1. The first-order valence-electron chi connectivity index (χ1n) is 17.1. The predicted molar refractivity (Wildman–Crippen MR) is 162 cm³/mol. The summed E-state index contributed by atoms with van der Waals surface area (Å²) in [5.74, 6) is -0.0330. The van der Waals surface area contributed by atoms with E-state index in [1.165, 1.54) is 0 Å². The molecule has 0 spiro atoms. The lowest BCUT2D eigenvalue weighted by molar-refractivity contribution is -0.338. The molecule has 1 heterocycles. The Kier molecular flexibility index (Phi) is 7.51. The molecule has 6 N–H and O–H groups in total. The van der Waals surface area contributed by atoms with Crippen LogP contribution in [-0.2, 0) is 14.3 Å². The Morgan fingerprint density at radius 3 is 2.11 bits per heavy atom. The lowest BCUT2D eigenvalue weighted by Crippen LogP contribution is -2.73. The van der Waals surface area contributed by atoms with Crippen molar-refractivity contribution < 1.29 is 44.9 Å². The van der Waals surface area contributed by atoms with E-state index in [4.69, 9.17) is 9.47 Å². The van der Waals surface area contributed by atoms with Crippen molar-refractivity contribution in [3.8, 4) is 0 Å². The summed E-state index contributed by atoms with van der Waals surface area (Å²) in [6.45, 7) is 16.4. The zero-order valence-corrected chi connectivity index (χ0v) is 28.0. The van der Waals surface area contributed by atoms with Gasteiger partial charge in [-0.3, -0.25) is 4.79 Å². The number of hydrogen-bond acceptors (Lipinski definition) is 9. The molecule has 6 rings (SSSR count). The van der Waals surface area contributed by atoms with Crippen molar-refractivity contribution in [1.29, 1.82) is 0 Å². The maximum atomic E-state index is 13.1. The molecule has 6 fully saturated rings. The van der Waals surface area contributed by atoms with Gasteiger partial charge in [0, 0.05) is 17.8 Å². The molecule has 0 aromatic heterocycles. The third kappa shape index (κ3) is 4.09. The molecule has 44 heavy (non-hydrogen) atoms. The first kappa shape index (κ1) is 33.3. The molecule has 9 nitrogen and oxygen atoms in total. The van der Waals surface area contributed by atoms with Gasteiger partial charge in [-0.15, -0.1) is 0 Å². The van der Waals surface area contributed by atoms with Crippen LogP contribution in [0.2, 0.25) is 0 Å². The standard InChI is InChI=1S/C35H58O9/c1-29(2)21-9-12-33(7)22(31(21,5)11-10-23(29)38)15-18(36)26-32(6)13-14-35(42,30(3,4)41)27(32)20(16-34(26,33)8)44-28-25(40)24(39)19(37)17-43-28/h18-22,24-28,36-37,39-42H,9-17H2,1-8H3/t18?,19-,20+,21+,22-,24-,25+,26-,27+,28-,31+,32-,33-,34-,35-/m1/s1. The molecule has 9 heteroatoms. The van der Waals surface area contributed by atoms with Gasteiger partial charge in [0.15, 0.2) is 6.29 Å². The number of carbonyl (C=O) groups excluding carboxylic acids is 1. The fraction of sp³-hybridized carbons (Fsp3) is 0.971. The number of ether oxygens (including phenoxy) is 2. The van der Waals surface area contributed by atoms with E-state index in [1.807, 2.05) is 0 Å². The molecule has 0 bridgehead atoms. The largest absolute Gasteiger partial charge is 0.393 e. The average Bonchev–Trinajstić information content (AvgIpc) is 3.20. The number of Topliss-reactive ketones (excluding diaryl/α,β-unsaturated/α-hetero) is 1. The SMILES string of the molecule is CC1(C)C(=O)CC[C@]2(C)[C@H]3CC(O)[C@@H]4[C@@]5(C)CC[C@](O)(C(C)(C)O)[C@H]5[C@@H](O[C@H]5OC[C@@H](O)[C@@H](O)[C@@H]5O)C[C@@]4(C)[C@]3(C)CC[C@@H]12. The van der Waals surface area contributed by atoms with Gasteiger partial charge in [0.1, 0.15) is 24.1 Å². The van der Waals surface area contributed by atoms with Crippen LogP contribution in [-0.4, -0.2) is 91.0 Å². The molecule has 0 amide bonds. The van der Waals surface area contributed by atoms with Crippen LogP contribution in [0.15, 0.2) is 0 Å². The minimum Gasteiger partial charge on any atom is -0.393 e. The van der Waals surface area contributed by atoms with E-state index < -0.39 is 70.2 Å². The van der Waals surface area contributed by atoms with Crippen LogP contribution in [0.1, 0.15) is 107 Å². The van der Waals surface area contributed by atoms with Gasteiger partial charge in [-0.25, -0.2) is 0 Å². The van der Waals surface area contributed by atoms with Crippen LogP contribution in [0.4, 0.5) is 0 Å². The quantitative estimate of drug-likeness (QED) is 0.261. The summed E-state index contributed by atoms with van der Waals surface area (Å²) in [4.78, 5) is 13.1. The summed E-state index contributed by atoms with van der Waals surface area (Å²) in [5.41, 5.74) is -4.82. The van der Waals surface area contributed by atoms with Crippen molar-refractivity contribution in [2.45, 2.75) is 155 Å². The first-order valence-corrected chi connectivity index (χ1v) is 17.1. The van der Waals surface area contributed by atoms with E-state index in [9.17, 15) is 35.4 Å². The Morgan fingerprint density at radius 1 is 0.818 bits per heavy atom. The molecule has 5 saturated carbocycles. The van der Waals surface area contributed by atoms with Crippen molar-refractivity contribution in [3.05, 3.63) is 0 Å². The molecule has 0 radical (unpaired) electrons. The minimum absolute atomic E-state index is 0.125. The highest BCUT2D eigenvalue weighted by molar-refractivity contribution is 5.85. The summed E-state index contributed by atoms with van der Waals surface area (Å²) in [6.07, 6.45) is -1.45. The van der Waals surface area contributed by atoms with Crippen molar-refractivity contribution in [2.75, 3.05) is 6.61 Å². The van der Waals surface area contributed by atoms with E-state index in [-0.39, 0.29) is 35.2 Å². The number of rotatable bonds is 3. The molecular formula is C35H58O9. The van der Waals surface area contributed by atoms with Gasteiger partial charge in [-0.2, -0.15) is 0 Å². The van der Waals surface area contributed by atoms with Crippen molar-refractivity contribution >= 4 is 5.78 Å². The van der Waals surface area contributed by atoms with E-state index in [0.717, 1.165) is 19.3 Å². The van der Waals surface area contributed by atoms with Crippen molar-refractivity contribution in [1.82, 2.24) is 0 Å². The number of carbonyl (C=O) groups is 1. The van der Waals surface area contributed by atoms with Crippen LogP contribution in [0.5, 0.6) is 0 Å². The highest BCUT2D eigenvalue weighted by Crippen LogP contribution is 2.78. The van der Waals surface area contributed by atoms with E-state index in [2.05, 4.69) is 41.5 Å². The lowest BCUT2D eigenvalue weighted by Gasteiger charge is -2.74. The maximum Gasteiger partial charge on any atom is 0.186 e. The van der Waals surface area contributed by atoms with Gasteiger partial charge < -0.3 is 40.1 Å². The number of aliphatic hydroxyl groups is 6. The molecule has 15 atom stereocenters. The summed E-state index contributed by atoms with van der Waals surface area (Å²) < 4.78 is 12.4. The summed E-state index contributed by atoms with van der Waals surface area (Å²) in [5, 5.41) is 67.6. The van der Waals surface area contributed by atoms with Gasteiger partial charge in [0.25, 0.3) is 0 Å². The Bertz CT molecular complexity index is 1170. The number of hydrogen-bond donors (Lipinski definition) is 6. The molecule has 0 aromatic rings. The van der Waals surface area contributed by atoms with Gasteiger partial charge in [-0.1, -0.05) is 41.5 Å². The average molecular weight is 623 g/mol. The highest BCUT2D eigenvalue weighted by Gasteiger charge is 2.77. The van der Waals surface area contributed by atoms with Crippen molar-refractivity contribution in [2.24, 2.45) is 50.7 Å². The number of fused-ring (bicyclic) bond motifs is 7. The topological polar surface area (TPSA) is 157 Å². The zero-order chi connectivity index (χ0) is 32.6. The Balaban J connectivity index is 1.46. The molecule has 5 aliphatic carbocycles. The van der Waals surface area contributed by atoms with E-state index in [0.29, 0.717) is 37.9 Å². The second-order valence-electron chi connectivity index (χ2n) is 18.0. The normalized spacial score (nSPS) is 57.2. The summed E-state index contributed by atoms with van der Waals surface area (Å²) in [6, 6.07) is 0. The third-order valence-corrected chi connectivity index (χ3v) is 15.4. The second kappa shape index (κ2) is 9.94. The molecule has 1 saturated heterocycles. The summed E-state index contributed by atoms with van der Waals surface area (Å²) >= 11 is 0. The lowest BCUT2D eigenvalue weighted by atomic mass is 9.31. The van der Waals surface area contributed by atoms with Gasteiger partial charge in [-0.05, 0) is 98.2 Å². The van der Waals surface area contributed by atoms with Gasteiger partial charge in [0.2, 0.25) is 0 Å². The fourth-order valence-corrected chi connectivity index (χ4v) is 13.1. The minimum atomic E-state index is -1.53. The second-order valence-corrected chi connectivity index (χ2v) is 18.0. The maximum absolute atomic E-state index is 13.1. The molecule has 1 aliphatic heterocycles. The van der Waals surface area contributed by atoms with Crippen LogP contribution < -0.4 is 0 Å². The van der Waals surface area contributed by atoms with Crippen molar-refractivity contribution in [3.63, 3.8) is 0 Å². The molecule has 0 aromatic carbocycles. The molecule has 1 unspecified atom stereocenters. The van der Waals surface area contributed by atoms with E-state index in [1.54, 1.807) is 13.8 Å². The summed E-state index contributed by atoms with van der Waals surface area (Å²) in [7, 11) is 0. The molecule has 6 aliphatic rings. The van der Waals surface area contributed by atoms with Gasteiger partial charge >= 0.3 is 0 Å². The highest BCUT2D eigenvalue weighted by atomic mass is 16.7. The van der Waals surface area contributed by atoms with Gasteiger partial charge in [0.05, 0.1) is 30.0 Å². The smallest absolute Gasteiger partial charge is 0.186 e. The van der Waals surface area contributed by atoms with Crippen LogP contribution in [0.3, 0.4) is 0 Å². The molecular weight excluding hydrogens is 564 g/mol. The Labute approximate surface area is 262 Å². The molecule has 252 valence electrons. The van der Waals surface area contributed by atoms with Crippen LogP contribution in [0, 0.1) is 50.7 Å². The third-order valence-electron chi connectivity index (χ3n) is 15.4.